The molecule has 0 amide bonds. The van der Waals surface area contributed by atoms with Gasteiger partial charge in [-0.05, 0) is 12.8 Å². The minimum atomic E-state index is 0.192. The molecule has 0 aromatic carbocycles. The first kappa shape index (κ1) is 12.5. The summed E-state index contributed by atoms with van der Waals surface area (Å²) in [6.45, 7) is 2.26. The van der Waals surface area contributed by atoms with Crippen LogP contribution in [0.4, 0.5) is 0 Å². The Morgan fingerprint density at radius 2 is 1.54 bits per heavy atom. The van der Waals surface area contributed by atoms with Crippen LogP contribution in [0, 0.1) is 0 Å². The van der Waals surface area contributed by atoms with E-state index in [4.69, 9.17) is 0 Å². The first-order chi connectivity index (χ1) is 6.02. The molecule has 0 aromatic heterocycles. The monoisotopic (exact) mass is 374 g/mol. The maximum absolute atomic E-state index is 3.79. The summed E-state index contributed by atoms with van der Waals surface area (Å²) in [7, 11) is 0. The Bertz CT molecular complexity index is 168. The average molecular weight is 377 g/mol. The Kier molecular flexibility index (Phi) is 4.79. The van der Waals surface area contributed by atoms with E-state index in [9.17, 15) is 0 Å². The second-order valence-electron chi connectivity index (χ2n) is 4.01. The number of halogens is 3. The smallest absolute Gasteiger partial charge is 0.0828 e. The molecule has 3 heteroatoms. The topological polar surface area (TPSA) is 0 Å². The van der Waals surface area contributed by atoms with Crippen molar-refractivity contribution in [2.45, 2.75) is 59.4 Å². The second kappa shape index (κ2) is 4.98. The fraction of sp³-hybridized carbons (Fsp3) is 1.00. The lowest BCUT2D eigenvalue weighted by molar-refractivity contribution is 0.598. The van der Waals surface area contributed by atoms with Gasteiger partial charge in [-0.25, -0.2) is 0 Å². The summed E-state index contributed by atoms with van der Waals surface area (Å²) in [6, 6.07) is 0. The van der Waals surface area contributed by atoms with E-state index in [-0.39, 0.29) is 3.23 Å². The Labute approximate surface area is 107 Å². The Hall–Kier alpha value is 1.44. The van der Waals surface area contributed by atoms with Crippen LogP contribution in [0.2, 0.25) is 0 Å². The van der Waals surface area contributed by atoms with Gasteiger partial charge < -0.3 is 0 Å². The van der Waals surface area contributed by atoms with Crippen molar-refractivity contribution in [3.63, 3.8) is 0 Å². The molecule has 0 nitrogen and oxygen atoms in total. The molecular formula is C10H17Br3. The van der Waals surface area contributed by atoms with Crippen molar-refractivity contribution >= 4 is 47.8 Å². The second-order valence-corrected chi connectivity index (χ2v) is 9.30. The summed E-state index contributed by atoms with van der Waals surface area (Å²) in [5.74, 6) is 0. The van der Waals surface area contributed by atoms with Gasteiger partial charge in [0, 0.05) is 0 Å². The van der Waals surface area contributed by atoms with Crippen molar-refractivity contribution in [1.82, 2.24) is 0 Å². The Morgan fingerprint density at radius 3 is 2.00 bits per heavy atom. The zero-order valence-electron chi connectivity index (χ0n) is 8.08. The molecule has 1 unspecified atom stereocenters. The highest BCUT2D eigenvalue weighted by molar-refractivity contribution is 9.26. The molecule has 1 saturated carbocycles. The van der Waals surface area contributed by atoms with Gasteiger partial charge in [-0.1, -0.05) is 86.8 Å². The number of alkyl halides is 3. The first-order valence-electron chi connectivity index (χ1n) is 5.08. The summed E-state index contributed by atoms with van der Waals surface area (Å²) < 4.78 is 0.532. The highest BCUT2D eigenvalue weighted by Gasteiger charge is 2.62. The summed E-state index contributed by atoms with van der Waals surface area (Å²) in [6.07, 6.45) is 9.35. The molecule has 1 atom stereocenters. The third kappa shape index (κ3) is 3.49. The van der Waals surface area contributed by atoms with Gasteiger partial charge in [0.1, 0.15) is 0 Å². The van der Waals surface area contributed by atoms with E-state index in [0.29, 0.717) is 4.32 Å². The maximum Gasteiger partial charge on any atom is 0.0972 e. The van der Waals surface area contributed by atoms with E-state index < -0.39 is 0 Å². The first-order valence-corrected chi connectivity index (χ1v) is 7.46. The van der Waals surface area contributed by atoms with Crippen LogP contribution in [-0.4, -0.2) is 7.56 Å². The largest absolute Gasteiger partial charge is 0.0972 e. The summed E-state index contributed by atoms with van der Waals surface area (Å²) in [5, 5.41) is 0. The predicted octanol–water partition coefficient (Wildman–Crippen LogP) is 5.37. The molecule has 1 aliphatic carbocycles. The molecule has 13 heavy (non-hydrogen) atoms. The van der Waals surface area contributed by atoms with Crippen molar-refractivity contribution < 1.29 is 0 Å². The van der Waals surface area contributed by atoms with Crippen molar-refractivity contribution in [3.8, 4) is 0 Å². The average Bonchev–Trinajstić information content (AvgIpc) is 2.51. The summed E-state index contributed by atoms with van der Waals surface area (Å²) in [5.41, 5.74) is 0. The number of hydrogen-bond donors (Lipinski definition) is 0. The fourth-order valence-corrected chi connectivity index (χ4v) is 4.39. The summed E-state index contributed by atoms with van der Waals surface area (Å²) in [4.78, 5) is 0. The van der Waals surface area contributed by atoms with E-state index in [2.05, 4.69) is 54.7 Å². The molecule has 1 aliphatic rings. The quantitative estimate of drug-likeness (QED) is 0.431. The van der Waals surface area contributed by atoms with E-state index in [0.717, 1.165) is 0 Å². The van der Waals surface area contributed by atoms with E-state index in [1.54, 1.807) is 0 Å². The van der Waals surface area contributed by atoms with Crippen molar-refractivity contribution in [1.29, 1.82) is 0 Å². The molecule has 0 N–H and O–H groups in total. The van der Waals surface area contributed by atoms with E-state index in [1.165, 1.54) is 44.9 Å². The molecule has 1 rings (SSSR count). The van der Waals surface area contributed by atoms with Gasteiger partial charge in [0.05, 0.1) is 7.56 Å². The molecule has 78 valence electrons. The van der Waals surface area contributed by atoms with Crippen molar-refractivity contribution in [2.24, 2.45) is 0 Å². The standard InChI is InChI=1S/C10H17Br3/c1-2-3-4-5-6-7-9(11)8-10(9,12)13/h2-8H2,1H3. The lowest BCUT2D eigenvalue weighted by Gasteiger charge is -2.09. The van der Waals surface area contributed by atoms with Gasteiger partial charge in [-0.3, -0.25) is 0 Å². The Balaban J connectivity index is 2.01. The summed E-state index contributed by atoms with van der Waals surface area (Å²) >= 11 is 11.1. The molecule has 0 spiro atoms. The van der Waals surface area contributed by atoms with E-state index in [1.807, 2.05) is 0 Å². The van der Waals surface area contributed by atoms with Gasteiger partial charge in [-0.15, -0.1) is 0 Å². The van der Waals surface area contributed by atoms with Crippen LogP contribution in [0.5, 0.6) is 0 Å². The molecule has 0 aliphatic heterocycles. The third-order valence-electron chi connectivity index (χ3n) is 2.71. The number of hydrogen-bond acceptors (Lipinski definition) is 0. The predicted molar refractivity (Wildman–Crippen MR) is 70.2 cm³/mol. The van der Waals surface area contributed by atoms with Gasteiger partial charge in [0.25, 0.3) is 0 Å². The van der Waals surface area contributed by atoms with E-state index >= 15 is 0 Å². The zero-order valence-corrected chi connectivity index (χ0v) is 12.8. The molecule has 0 radical (unpaired) electrons. The fourth-order valence-electron chi connectivity index (χ4n) is 1.59. The van der Waals surface area contributed by atoms with Crippen molar-refractivity contribution in [2.75, 3.05) is 0 Å². The molecule has 0 aromatic rings. The van der Waals surface area contributed by atoms with Crippen molar-refractivity contribution in [3.05, 3.63) is 0 Å². The molecular weight excluding hydrogens is 360 g/mol. The molecule has 0 bridgehead atoms. The van der Waals surface area contributed by atoms with Gasteiger partial charge >= 0.3 is 0 Å². The van der Waals surface area contributed by atoms with Crippen LogP contribution in [0.25, 0.3) is 0 Å². The minimum absolute atomic E-state index is 0.192. The van der Waals surface area contributed by atoms with Gasteiger partial charge in [0.15, 0.2) is 0 Å². The number of unbranched alkanes of at least 4 members (excludes halogenated alkanes) is 4. The normalized spacial score (nSPS) is 30.5. The van der Waals surface area contributed by atoms with Gasteiger partial charge in [-0.2, -0.15) is 0 Å². The lowest BCUT2D eigenvalue weighted by Crippen LogP contribution is -2.06. The Morgan fingerprint density at radius 1 is 1.00 bits per heavy atom. The van der Waals surface area contributed by atoms with Crippen LogP contribution < -0.4 is 0 Å². The molecule has 0 saturated heterocycles. The van der Waals surface area contributed by atoms with Crippen LogP contribution >= 0.6 is 47.8 Å². The van der Waals surface area contributed by atoms with Crippen LogP contribution in [0.3, 0.4) is 0 Å². The van der Waals surface area contributed by atoms with Crippen LogP contribution in [0.1, 0.15) is 51.9 Å². The SMILES string of the molecule is CCCCCCCC1(Br)CC1(Br)Br. The highest BCUT2D eigenvalue weighted by atomic mass is 79.9. The zero-order chi connectivity index (χ0) is 9.95. The van der Waals surface area contributed by atoms with Crippen LogP contribution in [0.15, 0.2) is 0 Å². The lowest BCUT2D eigenvalue weighted by atomic mass is 10.1. The molecule has 0 heterocycles. The molecule has 1 fully saturated rings. The highest BCUT2D eigenvalue weighted by Crippen LogP contribution is 2.67. The third-order valence-corrected chi connectivity index (χ3v) is 7.21. The van der Waals surface area contributed by atoms with Gasteiger partial charge in [0.2, 0.25) is 0 Å². The maximum atomic E-state index is 3.79. The minimum Gasteiger partial charge on any atom is -0.0828 e. The van der Waals surface area contributed by atoms with Crippen LogP contribution in [-0.2, 0) is 0 Å². The number of rotatable bonds is 6.